The zero-order valence-corrected chi connectivity index (χ0v) is 11.8. The smallest absolute Gasteiger partial charge is 0.110 e. The zero-order chi connectivity index (χ0) is 14.4. The van der Waals surface area contributed by atoms with Gasteiger partial charge < -0.3 is 20.4 Å². The fourth-order valence-corrected chi connectivity index (χ4v) is 4.16. The van der Waals surface area contributed by atoms with Crippen LogP contribution in [0.1, 0.15) is 39.5 Å². The van der Waals surface area contributed by atoms with E-state index < -0.39 is 23.2 Å². The van der Waals surface area contributed by atoms with Crippen LogP contribution in [0.25, 0.3) is 0 Å². The Morgan fingerprint density at radius 1 is 1.37 bits per heavy atom. The van der Waals surface area contributed by atoms with Crippen molar-refractivity contribution < 1.29 is 20.4 Å². The number of hydrogen-bond donors (Lipinski definition) is 4. The summed E-state index contributed by atoms with van der Waals surface area (Å²) in [7, 11) is 0. The van der Waals surface area contributed by atoms with E-state index in [2.05, 4.69) is 13.5 Å². The van der Waals surface area contributed by atoms with Gasteiger partial charge in [-0.15, -0.1) is 0 Å². The third-order valence-corrected chi connectivity index (χ3v) is 5.87. The second kappa shape index (κ2) is 4.85. The van der Waals surface area contributed by atoms with Crippen LogP contribution < -0.4 is 0 Å². The molecular formula is C15H26O4. The molecule has 1 unspecified atom stereocenters. The summed E-state index contributed by atoms with van der Waals surface area (Å²) in [6.07, 6.45) is 0.722. The lowest BCUT2D eigenvalue weighted by Crippen LogP contribution is -2.68. The fourth-order valence-electron chi connectivity index (χ4n) is 4.16. The van der Waals surface area contributed by atoms with Crippen LogP contribution >= 0.6 is 0 Å². The first-order valence-electron chi connectivity index (χ1n) is 7.15. The molecule has 2 rings (SSSR count). The average Bonchev–Trinajstić information content (AvgIpc) is 2.38. The van der Waals surface area contributed by atoms with Gasteiger partial charge in [0, 0.05) is 11.3 Å². The lowest BCUT2D eigenvalue weighted by atomic mass is 9.49. The third kappa shape index (κ3) is 1.97. The molecule has 0 aromatic rings. The number of hydrogen-bond acceptors (Lipinski definition) is 4. The van der Waals surface area contributed by atoms with E-state index in [0.717, 1.165) is 12.8 Å². The van der Waals surface area contributed by atoms with Crippen LogP contribution in [-0.2, 0) is 0 Å². The summed E-state index contributed by atoms with van der Waals surface area (Å²) in [5.41, 5.74) is -1.16. The molecule has 4 heteroatoms. The van der Waals surface area contributed by atoms with Crippen molar-refractivity contribution in [2.45, 2.75) is 57.3 Å². The molecule has 0 radical (unpaired) electrons. The molecule has 0 spiro atoms. The highest BCUT2D eigenvalue weighted by molar-refractivity contribution is 5.18. The maximum atomic E-state index is 10.9. The highest BCUT2D eigenvalue weighted by atomic mass is 16.4. The van der Waals surface area contributed by atoms with E-state index in [1.807, 2.05) is 6.92 Å². The van der Waals surface area contributed by atoms with Gasteiger partial charge >= 0.3 is 0 Å². The molecule has 2 aliphatic carbocycles. The van der Waals surface area contributed by atoms with Crippen LogP contribution in [0, 0.1) is 17.3 Å². The Morgan fingerprint density at radius 2 is 2.00 bits per heavy atom. The molecule has 19 heavy (non-hydrogen) atoms. The quantitative estimate of drug-likeness (QED) is 0.560. The van der Waals surface area contributed by atoms with E-state index in [0.29, 0.717) is 18.4 Å². The minimum atomic E-state index is -1.24. The Morgan fingerprint density at radius 3 is 2.58 bits per heavy atom. The maximum absolute atomic E-state index is 10.9. The first-order valence-corrected chi connectivity index (χ1v) is 7.15. The Bertz CT molecular complexity index is 369. The molecule has 2 aliphatic rings. The first kappa shape index (κ1) is 15.0. The van der Waals surface area contributed by atoms with Crippen molar-refractivity contribution in [2.24, 2.45) is 17.3 Å². The normalized spacial score (nSPS) is 50.6. The summed E-state index contributed by atoms with van der Waals surface area (Å²) in [6, 6.07) is 0. The molecule has 0 aliphatic heterocycles. The van der Waals surface area contributed by atoms with Crippen molar-refractivity contribution in [3.05, 3.63) is 12.2 Å². The van der Waals surface area contributed by atoms with Gasteiger partial charge in [-0.05, 0) is 30.8 Å². The van der Waals surface area contributed by atoms with E-state index >= 15 is 0 Å². The van der Waals surface area contributed by atoms with E-state index in [4.69, 9.17) is 0 Å². The van der Waals surface area contributed by atoms with Gasteiger partial charge in [0.25, 0.3) is 0 Å². The van der Waals surface area contributed by atoms with E-state index in [-0.39, 0.29) is 18.4 Å². The van der Waals surface area contributed by atoms with Gasteiger partial charge in [-0.1, -0.05) is 26.8 Å². The van der Waals surface area contributed by atoms with Gasteiger partial charge in [-0.3, -0.25) is 0 Å². The van der Waals surface area contributed by atoms with Crippen LogP contribution in [0.3, 0.4) is 0 Å². The summed E-state index contributed by atoms with van der Waals surface area (Å²) in [5, 5.41) is 40.8. The highest BCUT2D eigenvalue weighted by Gasteiger charge is 2.62. The largest absolute Gasteiger partial charge is 0.392 e. The monoisotopic (exact) mass is 270 g/mol. The Balaban J connectivity index is 2.39. The molecule has 0 aromatic carbocycles. The summed E-state index contributed by atoms with van der Waals surface area (Å²) in [5.74, 6) is -0.0896. The number of aliphatic hydroxyl groups is 4. The lowest BCUT2D eigenvalue weighted by Gasteiger charge is -2.60. The average molecular weight is 270 g/mol. The molecule has 6 atom stereocenters. The lowest BCUT2D eigenvalue weighted by molar-refractivity contribution is -0.254. The van der Waals surface area contributed by atoms with E-state index in [1.165, 1.54) is 0 Å². The van der Waals surface area contributed by atoms with Crippen molar-refractivity contribution in [3.8, 4) is 0 Å². The minimum absolute atomic E-state index is 0.197. The summed E-state index contributed by atoms with van der Waals surface area (Å²) >= 11 is 0. The molecule has 0 heterocycles. The second-order valence-electron chi connectivity index (χ2n) is 6.70. The maximum Gasteiger partial charge on any atom is 0.110 e. The zero-order valence-electron chi connectivity index (χ0n) is 11.8. The summed E-state index contributed by atoms with van der Waals surface area (Å²) < 4.78 is 0. The standard InChI is InChI=1S/C15H26O4/c1-9(8-16)11-7-14(3)10(2)5-4-6-15(14,19)13(18)12(11)17/h10-13,16-19H,1,4-8H2,2-3H3/t10-,11-,12-,13-,14+,15?/m0/s1. The Labute approximate surface area is 114 Å². The molecular weight excluding hydrogens is 244 g/mol. The number of fused-ring (bicyclic) bond motifs is 1. The summed E-state index contributed by atoms with van der Waals surface area (Å²) in [6.45, 7) is 7.68. The highest BCUT2D eigenvalue weighted by Crippen LogP contribution is 2.57. The van der Waals surface area contributed by atoms with Gasteiger partial charge in [0.05, 0.1) is 18.3 Å². The minimum Gasteiger partial charge on any atom is -0.392 e. The molecule has 4 N–H and O–H groups in total. The summed E-state index contributed by atoms with van der Waals surface area (Å²) in [4.78, 5) is 0. The Hall–Kier alpha value is -0.420. The SMILES string of the molecule is C=C(CO)[C@@H]1C[C@]2(C)[C@@H](C)CCCC2(O)[C@@H](O)[C@H]1O. The van der Waals surface area contributed by atoms with Gasteiger partial charge in [0.15, 0.2) is 0 Å². The van der Waals surface area contributed by atoms with Crippen LogP contribution in [0.15, 0.2) is 12.2 Å². The molecule has 0 bridgehead atoms. The van der Waals surface area contributed by atoms with Crippen molar-refractivity contribution in [1.82, 2.24) is 0 Å². The van der Waals surface area contributed by atoms with Crippen molar-refractivity contribution in [2.75, 3.05) is 6.61 Å². The molecule has 4 nitrogen and oxygen atoms in total. The molecule has 110 valence electrons. The van der Waals surface area contributed by atoms with E-state index in [9.17, 15) is 20.4 Å². The number of aliphatic hydroxyl groups excluding tert-OH is 3. The molecule has 2 saturated carbocycles. The van der Waals surface area contributed by atoms with Crippen molar-refractivity contribution in [1.29, 1.82) is 0 Å². The van der Waals surface area contributed by atoms with Gasteiger partial charge in [0.1, 0.15) is 6.10 Å². The topological polar surface area (TPSA) is 80.9 Å². The van der Waals surface area contributed by atoms with E-state index in [1.54, 1.807) is 0 Å². The van der Waals surface area contributed by atoms with Crippen molar-refractivity contribution >= 4 is 0 Å². The second-order valence-corrected chi connectivity index (χ2v) is 6.70. The van der Waals surface area contributed by atoms with Gasteiger partial charge in [-0.25, -0.2) is 0 Å². The molecule has 0 aromatic heterocycles. The van der Waals surface area contributed by atoms with Crippen molar-refractivity contribution in [3.63, 3.8) is 0 Å². The van der Waals surface area contributed by atoms with Crippen LogP contribution in [0.5, 0.6) is 0 Å². The molecule has 0 amide bonds. The first-order chi connectivity index (χ1) is 8.78. The molecule has 2 fully saturated rings. The fraction of sp³-hybridized carbons (Fsp3) is 0.867. The molecule has 0 saturated heterocycles. The van der Waals surface area contributed by atoms with Crippen LogP contribution in [-0.4, -0.2) is 44.8 Å². The predicted octanol–water partition coefficient (Wildman–Crippen LogP) is 0.834. The number of rotatable bonds is 2. The Kier molecular flexibility index (Phi) is 3.82. The van der Waals surface area contributed by atoms with Gasteiger partial charge in [0.2, 0.25) is 0 Å². The van der Waals surface area contributed by atoms with Crippen LogP contribution in [0.4, 0.5) is 0 Å². The van der Waals surface area contributed by atoms with Gasteiger partial charge in [-0.2, -0.15) is 0 Å². The third-order valence-electron chi connectivity index (χ3n) is 5.87. The van der Waals surface area contributed by atoms with Crippen LogP contribution in [0.2, 0.25) is 0 Å². The predicted molar refractivity (Wildman–Crippen MR) is 72.4 cm³/mol.